The molecule has 1 aliphatic rings. The van der Waals surface area contributed by atoms with E-state index >= 15 is 4.39 Å². The van der Waals surface area contributed by atoms with Crippen molar-refractivity contribution in [3.63, 3.8) is 0 Å². The molecule has 1 N–H and O–H groups in total. The molecule has 46 heavy (non-hydrogen) atoms. The Morgan fingerprint density at radius 3 is 1.91 bits per heavy atom. The number of ether oxygens (including phenoxy) is 3. The standard InChI is InChI=1S/C36H41FN2O6S/c1-36(2,3)45-35(40)31-21-38-33(30(31)18-24-6-7-24)20-27-12-17-34(32(37)19-27)46(41,42)39(22-25-8-13-28(43-4)14-9-25)23-26-10-15-29(44-5)16-11-26/h8-17,19,21,24,38H,6-7,18,20,22-23H2,1-5H3. The van der Waals surface area contributed by atoms with Gasteiger partial charge in [-0.3, -0.25) is 0 Å². The van der Waals surface area contributed by atoms with Crippen molar-refractivity contribution in [3.05, 3.63) is 112 Å². The van der Waals surface area contributed by atoms with Crippen LogP contribution < -0.4 is 9.47 Å². The zero-order valence-corrected chi connectivity index (χ0v) is 27.7. The first-order valence-electron chi connectivity index (χ1n) is 15.3. The number of benzene rings is 3. The molecule has 0 aliphatic heterocycles. The summed E-state index contributed by atoms with van der Waals surface area (Å²) in [6.45, 7) is 5.53. The van der Waals surface area contributed by atoms with Crippen LogP contribution in [0.15, 0.2) is 77.8 Å². The maximum Gasteiger partial charge on any atom is 0.340 e. The topological polar surface area (TPSA) is 97.9 Å². The highest BCUT2D eigenvalue weighted by Gasteiger charge is 2.31. The Labute approximate surface area is 270 Å². The van der Waals surface area contributed by atoms with E-state index in [2.05, 4.69) is 4.98 Å². The van der Waals surface area contributed by atoms with E-state index < -0.39 is 32.3 Å². The minimum absolute atomic E-state index is 0.0278. The van der Waals surface area contributed by atoms with Crippen molar-refractivity contribution < 1.29 is 31.8 Å². The Morgan fingerprint density at radius 2 is 1.43 bits per heavy atom. The summed E-state index contributed by atoms with van der Waals surface area (Å²) in [5.74, 6) is 0.565. The summed E-state index contributed by atoms with van der Waals surface area (Å²) in [5, 5.41) is 0. The third-order valence-corrected chi connectivity index (χ3v) is 9.74. The fraction of sp³-hybridized carbons (Fsp3) is 0.361. The van der Waals surface area contributed by atoms with Crippen molar-refractivity contribution in [2.24, 2.45) is 5.92 Å². The molecular formula is C36H41FN2O6S. The average Bonchev–Trinajstić information content (AvgIpc) is 3.75. The number of esters is 1. The molecule has 1 aromatic heterocycles. The fourth-order valence-electron chi connectivity index (χ4n) is 5.31. The quantitative estimate of drug-likeness (QED) is 0.156. The molecule has 3 aromatic carbocycles. The third kappa shape index (κ3) is 8.16. The Kier molecular flexibility index (Phi) is 9.88. The van der Waals surface area contributed by atoms with Crippen LogP contribution in [0.1, 0.15) is 71.9 Å². The van der Waals surface area contributed by atoms with Crippen LogP contribution in [-0.4, -0.2) is 43.5 Å². The van der Waals surface area contributed by atoms with Gasteiger partial charge in [-0.15, -0.1) is 0 Å². The number of carbonyl (C=O) groups is 1. The Morgan fingerprint density at radius 1 is 0.891 bits per heavy atom. The lowest BCUT2D eigenvalue weighted by Gasteiger charge is -2.23. The number of nitrogens with zero attached hydrogens (tertiary/aromatic N) is 1. The van der Waals surface area contributed by atoms with E-state index in [9.17, 15) is 13.2 Å². The van der Waals surface area contributed by atoms with Crippen LogP contribution in [0.4, 0.5) is 4.39 Å². The van der Waals surface area contributed by atoms with E-state index in [0.29, 0.717) is 35.0 Å². The number of aromatic nitrogens is 1. The Hall–Kier alpha value is -4.15. The molecule has 0 unspecified atom stereocenters. The van der Waals surface area contributed by atoms with E-state index in [-0.39, 0.29) is 13.1 Å². The van der Waals surface area contributed by atoms with Gasteiger partial charge in [-0.25, -0.2) is 17.6 Å². The molecular weight excluding hydrogens is 607 g/mol. The first kappa shape index (κ1) is 33.2. The number of halogens is 1. The number of nitrogens with one attached hydrogen (secondary N) is 1. The van der Waals surface area contributed by atoms with Gasteiger partial charge >= 0.3 is 5.97 Å². The number of H-pyrrole nitrogens is 1. The van der Waals surface area contributed by atoms with Gasteiger partial charge in [0, 0.05) is 31.4 Å². The summed E-state index contributed by atoms with van der Waals surface area (Å²) in [6.07, 6.45) is 4.90. The van der Waals surface area contributed by atoms with Crippen molar-refractivity contribution in [2.75, 3.05) is 14.2 Å². The molecule has 5 rings (SSSR count). The maximum absolute atomic E-state index is 15.8. The highest BCUT2D eigenvalue weighted by Crippen LogP contribution is 2.36. The number of sulfonamides is 1. The first-order chi connectivity index (χ1) is 21.9. The number of aromatic amines is 1. The zero-order chi connectivity index (χ0) is 33.1. The van der Waals surface area contributed by atoms with Gasteiger partial charge in [0.05, 0.1) is 19.8 Å². The van der Waals surface area contributed by atoms with Gasteiger partial charge in [0.15, 0.2) is 0 Å². The van der Waals surface area contributed by atoms with Crippen molar-refractivity contribution in [1.29, 1.82) is 0 Å². The predicted molar refractivity (Wildman–Crippen MR) is 174 cm³/mol. The van der Waals surface area contributed by atoms with Gasteiger partial charge in [0.2, 0.25) is 10.0 Å². The van der Waals surface area contributed by atoms with Crippen LogP contribution in [-0.2, 0) is 40.7 Å². The molecule has 10 heteroatoms. The van der Waals surface area contributed by atoms with Crippen LogP contribution in [0.25, 0.3) is 0 Å². The van der Waals surface area contributed by atoms with Crippen LogP contribution in [0, 0.1) is 11.7 Å². The van der Waals surface area contributed by atoms with Gasteiger partial charge in [-0.05, 0) is 105 Å². The number of carbonyl (C=O) groups excluding carboxylic acids is 1. The molecule has 4 aromatic rings. The van der Waals surface area contributed by atoms with Crippen LogP contribution in [0.3, 0.4) is 0 Å². The summed E-state index contributed by atoms with van der Waals surface area (Å²) in [4.78, 5) is 15.8. The number of methoxy groups -OCH3 is 2. The first-order valence-corrected chi connectivity index (χ1v) is 16.8. The van der Waals surface area contributed by atoms with E-state index in [4.69, 9.17) is 14.2 Å². The largest absolute Gasteiger partial charge is 0.497 e. The smallest absolute Gasteiger partial charge is 0.340 e. The Balaban J connectivity index is 1.42. The number of hydrogen-bond donors (Lipinski definition) is 1. The highest BCUT2D eigenvalue weighted by atomic mass is 32.2. The number of rotatable bonds is 13. The van der Waals surface area contributed by atoms with E-state index in [1.165, 1.54) is 16.4 Å². The fourth-order valence-corrected chi connectivity index (χ4v) is 6.78. The molecule has 1 heterocycles. The van der Waals surface area contributed by atoms with Gasteiger partial charge in [-0.1, -0.05) is 30.3 Å². The summed E-state index contributed by atoms with van der Waals surface area (Å²) in [6, 6.07) is 18.4. The molecule has 0 bridgehead atoms. The molecule has 0 radical (unpaired) electrons. The average molecular weight is 649 g/mol. The molecule has 1 fully saturated rings. The van der Waals surface area contributed by atoms with Crippen molar-refractivity contribution in [1.82, 2.24) is 9.29 Å². The number of hydrogen-bond acceptors (Lipinski definition) is 6. The molecule has 1 aliphatic carbocycles. The van der Waals surface area contributed by atoms with E-state index in [1.54, 1.807) is 75.0 Å². The van der Waals surface area contributed by atoms with Gasteiger partial charge in [0.1, 0.15) is 27.8 Å². The van der Waals surface area contributed by atoms with Gasteiger partial charge in [-0.2, -0.15) is 4.31 Å². The molecule has 0 saturated heterocycles. The highest BCUT2D eigenvalue weighted by molar-refractivity contribution is 7.89. The lowest BCUT2D eigenvalue weighted by molar-refractivity contribution is 0.00684. The third-order valence-electron chi connectivity index (χ3n) is 7.92. The summed E-state index contributed by atoms with van der Waals surface area (Å²) in [7, 11) is -1.14. The van der Waals surface area contributed by atoms with Crippen LogP contribution in [0.5, 0.6) is 11.5 Å². The van der Waals surface area contributed by atoms with E-state index in [1.807, 2.05) is 20.8 Å². The SMILES string of the molecule is COc1ccc(CN(Cc2ccc(OC)cc2)S(=O)(=O)c2ccc(Cc3[nH]cc(C(=O)OC(C)(C)C)c3CC3CC3)cc2F)cc1. The summed E-state index contributed by atoms with van der Waals surface area (Å²) < 4.78 is 61.2. The molecule has 0 amide bonds. The van der Waals surface area contributed by atoms with Crippen LogP contribution in [0.2, 0.25) is 0 Å². The molecule has 0 spiro atoms. The molecule has 8 nitrogen and oxygen atoms in total. The Bertz CT molecular complexity index is 1720. The predicted octanol–water partition coefficient (Wildman–Crippen LogP) is 7.06. The second kappa shape index (κ2) is 13.7. The molecule has 1 saturated carbocycles. The lowest BCUT2D eigenvalue weighted by Crippen LogP contribution is -2.31. The minimum atomic E-state index is -4.26. The lowest BCUT2D eigenvalue weighted by atomic mass is 9.99. The zero-order valence-electron chi connectivity index (χ0n) is 26.9. The second-order valence-electron chi connectivity index (χ2n) is 12.7. The van der Waals surface area contributed by atoms with Crippen LogP contribution >= 0.6 is 0 Å². The summed E-state index contributed by atoms with van der Waals surface area (Å²) in [5.41, 5.74) is 3.57. The van der Waals surface area contributed by atoms with Crippen molar-refractivity contribution in [2.45, 2.75) is 70.0 Å². The summed E-state index contributed by atoms with van der Waals surface area (Å²) >= 11 is 0. The monoisotopic (exact) mass is 648 g/mol. The van der Waals surface area contributed by atoms with Crippen molar-refractivity contribution >= 4 is 16.0 Å². The second-order valence-corrected chi connectivity index (χ2v) is 14.6. The van der Waals surface area contributed by atoms with Crippen molar-refractivity contribution in [3.8, 4) is 11.5 Å². The molecule has 0 atom stereocenters. The molecule has 244 valence electrons. The van der Waals surface area contributed by atoms with E-state index in [0.717, 1.165) is 41.6 Å². The minimum Gasteiger partial charge on any atom is -0.497 e. The normalized spacial score (nSPS) is 13.5. The van der Waals surface area contributed by atoms with Gasteiger partial charge in [0.25, 0.3) is 0 Å². The van der Waals surface area contributed by atoms with Gasteiger partial charge < -0.3 is 19.2 Å². The maximum atomic E-state index is 15.8.